The van der Waals surface area contributed by atoms with E-state index in [9.17, 15) is 0 Å². The quantitative estimate of drug-likeness (QED) is 0.390. The molecule has 1 aliphatic carbocycles. The van der Waals surface area contributed by atoms with Gasteiger partial charge in [-0.25, -0.2) is 6.08 Å². The molecule has 0 fully saturated rings. The summed E-state index contributed by atoms with van der Waals surface area (Å²) in [5, 5.41) is 0. The number of hydrogen-bond acceptors (Lipinski definition) is 0. The van der Waals surface area contributed by atoms with E-state index in [1.165, 1.54) is 5.57 Å². The zero-order valence-electron chi connectivity index (χ0n) is 8.00. The normalized spacial score (nSPS) is 12.7. The minimum Gasteiger partial charge on any atom is -1.00 e. The molecule has 0 atom stereocenters. The first-order valence-corrected chi connectivity index (χ1v) is 3.38. The minimum atomic E-state index is 0. The van der Waals surface area contributed by atoms with Gasteiger partial charge in [0.05, 0.1) is 0 Å². The van der Waals surface area contributed by atoms with Crippen LogP contribution in [0.4, 0.5) is 0 Å². The SMILES string of the molecule is CC(C)(C)C1=CC[C-]=C1.[Cl-].[Cl-].[Cl-].[Zr+4]. The van der Waals surface area contributed by atoms with Gasteiger partial charge in [-0.2, -0.15) is 11.6 Å². The van der Waals surface area contributed by atoms with E-state index in [0.29, 0.717) is 5.41 Å². The van der Waals surface area contributed by atoms with Gasteiger partial charge in [-0.3, -0.25) is 6.08 Å². The summed E-state index contributed by atoms with van der Waals surface area (Å²) in [6, 6.07) is 0. The van der Waals surface area contributed by atoms with Crippen molar-refractivity contribution in [2.75, 3.05) is 0 Å². The molecule has 74 valence electrons. The second-order valence-corrected chi connectivity index (χ2v) is 3.46. The average Bonchev–Trinajstić information content (AvgIpc) is 2.08. The van der Waals surface area contributed by atoms with E-state index in [-0.39, 0.29) is 63.4 Å². The Labute approximate surface area is 119 Å². The zero-order chi connectivity index (χ0) is 6.91. The molecule has 0 amide bonds. The third kappa shape index (κ3) is 8.24. The first kappa shape index (κ1) is 23.8. The van der Waals surface area contributed by atoms with Crippen molar-refractivity contribution in [1.29, 1.82) is 0 Å². The maximum atomic E-state index is 3.16. The van der Waals surface area contributed by atoms with Crippen LogP contribution < -0.4 is 37.2 Å². The van der Waals surface area contributed by atoms with E-state index >= 15 is 0 Å². The summed E-state index contributed by atoms with van der Waals surface area (Å²) in [5.41, 5.74) is 1.74. The number of rotatable bonds is 0. The molecule has 0 aliphatic heterocycles. The fourth-order valence-electron chi connectivity index (χ4n) is 0.919. The van der Waals surface area contributed by atoms with Crippen LogP contribution in [0, 0.1) is 11.5 Å². The Kier molecular flexibility index (Phi) is 17.9. The molecule has 0 bridgehead atoms. The second kappa shape index (κ2) is 9.78. The molecule has 13 heavy (non-hydrogen) atoms. The maximum absolute atomic E-state index is 3.16. The van der Waals surface area contributed by atoms with Crippen molar-refractivity contribution in [2.24, 2.45) is 5.41 Å². The van der Waals surface area contributed by atoms with Gasteiger partial charge in [-0.05, 0) is 0 Å². The molecule has 0 heterocycles. The molecule has 0 saturated carbocycles. The average molecular weight is 319 g/mol. The van der Waals surface area contributed by atoms with Crippen molar-refractivity contribution in [3.8, 4) is 0 Å². The van der Waals surface area contributed by atoms with Crippen LogP contribution in [-0.2, 0) is 26.2 Å². The summed E-state index contributed by atoms with van der Waals surface area (Å²) in [6.45, 7) is 6.67. The van der Waals surface area contributed by atoms with Gasteiger partial charge in [0.1, 0.15) is 0 Å². The van der Waals surface area contributed by atoms with E-state index in [1.54, 1.807) is 0 Å². The summed E-state index contributed by atoms with van der Waals surface area (Å²) < 4.78 is 0. The fraction of sp³-hybridized carbons (Fsp3) is 0.556. The third-order valence-electron chi connectivity index (χ3n) is 1.56. The van der Waals surface area contributed by atoms with Crippen LogP contribution in [0.3, 0.4) is 0 Å². The second-order valence-electron chi connectivity index (χ2n) is 3.46. The summed E-state index contributed by atoms with van der Waals surface area (Å²) in [7, 11) is 0. The van der Waals surface area contributed by atoms with Crippen LogP contribution in [0.2, 0.25) is 0 Å². The Hall–Kier alpha value is 1.23. The Balaban J connectivity index is -0.000000101. The van der Waals surface area contributed by atoms with Crippen LogP contribution >= 0.6 is 0 Å². The van der Waals surface area contributed by atoms with Crippen molar-refractivity contribution in [3.05, 3.63) is 23.8 Å². The van der Waals surface area contributed by atoms with Gasteiger partial charge in [-0.15, -0.1) is 6.42 Å². The van der Waals surface area contributed by atoms with Gasteiger partial charge in [0.25, 0.3) is 0 Å². The minimum absolute atomic E-state index is 0. The van der Waals surface area contributed by atoms with Gasteiger partial charge in [-0.1, -0.05) is 26.2 Å². The summed E-state index contributed by atoms with van der Waals surface area (Å²) in [6.07, 6.45) is 8.50. The van der Waals surface area contributed by atoms with Crippen molar-refractivity contribution in [1.82, 2.24) is 0 Å². The van der Waals surface area contributed by atoms with Crippen LogP contribution in [0.15, 0.2) is 17.7 Å². The smallest absolute Gasteiger partial charge is 1.00 e. The molecule has 1 aliphatic rings. The first-order valence-electron chi connectivity index (χ1n) is 3.38. The third-order valence-corrected chi connectivity index (χ3v) is 1.56. The van der Waals surface area contributed by atoms with Gasteiger partial charge < -0.3 is 37.2 Å². The molecule has 0 N–H and O–H groups in total. The Morgan fingerprint density at radius 1 is 1.15 bits per heavy atom. The summed E-state index contributed by atoms with van der Waals surface area (Å²) in [4.78, 5) is 0. The molecule has 4 heteroatoms. The predicted molar refractivity (Wildman–Crippen MR) is 40.0 cm³/mol. The molecule has 0 saturated heterocycles. The molecule has 0 unspecified atom stereocenters. The van der Waals surface area contributed by atoms with Gasteiger partial charge >= 0.3 is 26.2 Å². The van der Waals surface area contributed by atoms with Gasteiger partial charge in [0.15, 0.2) is 0 Å². The van der Waals surface area contributed by atoms with E-state index in [2.05, 4.69) is 39.0 Å². The Morgan fingerprint density at radius 2 is 1.62 bits per heavy atom. The predicted octanol–water partition coefficient (Wildman–Crippen LogP) is -6.27. The summed E-state index contributed by atoms with van der Waals surface area (Å²) in [5.74, 6) is 0. The molecular weight excluding hydrogens is 306 g/mol. The number of halogens is 3. The first-order chi connectivity index (χ1) is 4.11. The topological polar surface area (TPSA) is 0 Å². The zero-order valence-corrected chi connectivity index (χ0v) is 12.7. The van der Waals surface area contributed by atoms with Crippen molar-refractivity contribution in [3.63, 3.8) is 0 Å². The largest absolute Gasteiger partial charge is 4.00 e. The van der Waals surface area contributed by atoms with E-state index in [4.69, 9.17) is 0 Å². The summed E-state index contributed by atoms with van der Waals surface area (Å²) >= 11 is 0. The van der Waals surface area contributed by atoms with Crippen molar-refractivity contribution in [2.45, 2.75) is 27.2 Å². The standard InChI is InChI=1S/C9H13.3ClH.Zr/c1-9(2,3)8-6-4-5-7-8;;;;/h6-7H,4H2,1-3H3;3*1H;/q-1;;;;+4/p-3. The molecule has 0 aromatic rings. The van der Waals surface area contributed by atoms with Crippen LogP contribution in [0.1, 0.15) is 27.2 Å². The number of allylic oxidation sites excluding steroid dienone is 4. The molecule has 0 radical (unpaired) electrons. The van der Waals surface area contributed by atoms with Crippen LogP contribution in [-0.4, -0.2) is 0 Å². The van der Waals surface area contributed by atoms with Crippen LogP contribution in [0.5, 0.6) is 0 Å². The molecule has 1 rings (SSSR count). The molecule has 0 nitrogen and oxygen atoms in total. The van der Waals surface area contributed by atoms with Gasteiger partial charge in [0, 0.05) is 0 Å². The van der Waals surface area contributed by atoms with E-state index in [1.807, 2.05) is 0 Å². The molecule has 0 spiro atoms. The Bertz CT molecular complexity index is 168. The molecular formula is C9H13Cl3Zr. The van der Waals surface area contributed by atoms with Crippen molar-refractivity contribution < 1.29 is 63.4 Å². The monoisotopic (exact) mass is 316 g/mol. The van der Waals surface area contributed by atoms with Crippen LogP contribution in [0.25, 0.3) is 0 Å². The maximum Gasteiger partial charge on any atom is 4.00 e. The number of hydrogen-bond donors (Lipinski definition) is 0. The van der Waals surface area contributed by atoms with Gasteiger partial charge in [0.2, 0.25) is 0 Å². The van der Waals surface area contributed by atoms with E-state index in [0.717, 1.165) is 6.42 Å². The molecule has 0 aromatic heterocycles. The molecule has 0 aromatic carbocycles. The van der Waals surface area contributed by atoms with E-state index < -0.39 is 0 Å². The Morgan fingerprint density at radius 3 is 1.77 bits per heavy atom. The van der Waals surface area contributed by atoms with Crippen molar-refractivity contribution >= 4 is 0 Å². The fourth-order valence-corrected chi connectivity index (χ4v) is 0.919.